The molecule has 0 spiro atoms. The van der Waals surface area contributed by atoms with Gasteiger partial charge in [0.05, 0.1) is 18.1 Å². The molecule has 1 atom stereocenters. The van der Waals surface area contributed by atoms with E-state index in [2.05, 4.69) is 30.6 Å². The molecule has 0 amide bonds. The van der Waals surface area contributed by atoms with Crippen LogP contribution < -0.4 is 10.6 Å². The number of pyridine rings is 3. The predicted octanol–water partition coefficient (Wildman–Crippen LogP) is 5.07. The molecular weight excluding hydrogens is 415 g/mol. The Hall–Kier alpha value is -3.97. The topological polar surface area (TPSA) is 75.1 Å². The molecule has 1 aliphatic rings. The maximum Gasteiger partial charge on any atom is 0.152 e. The highest BCUT2D eigenvalue weighted by Crippen LogP contribution is 2.34. The summed E-state index contributed by atoms with van der Waals surface area (Å²) in [4.78, 5) is 17.3. The zero-order chi connectivity index (χ0) is 22.8. The maximum atomic E-state index is 15.0. The molecule has 1 aromatic carbocycles. The molecule has 1 aliphatic heterocycles. The lowest BCUT2D eigenvalue weighted by molar-refractivity contribution is 0.502. The van der Waals surface area contributed by atoms with Crippen molar-refractivity contribution in [2.24, 2.45) is 4.99 Å². The van der Waals surface area contributed by atoms with Gasteiger partial charge in [-0.2, -0.15) is 0 Å². The molecule has 0 saturated heterocycles. The number of rotatable bonds is 5. The van der Waals surface area contributed by atoms with Crippen LogP contribution in [-0.2, 0) is 12.2 Å². The molecule has 0 fully saturated rings. The van der Waals surface area contributed by atoms with Gasteiger partial charge in [-0.05, 0) is 61.4 Å². The molecular formula is C26H23FN6. The third-order valence-corrected chi connectivity index (χ3v) is 5.69. The number of aromatic nitrogens is 3. The summed E-state index contributed by atoms with van der Waals surface area (Å²) in [5.41, 5.74) is 5.76. The first kappa shape index (κ1) is 20.9. The van der Waals surface area contributed by atoms with E-state index in [0.29, 0.717) is 12.1 Å². The average Bonchev–Trinajstić information content (AvgIpc) is 2.83. The summed E-state index contributed by atoms with van der Waals surface area (Å²) in [5, 5.41) is 7.10. The van der Waals surface area contributed by atoms with Crippen LogP contribution in [0.25, 0.3) is 11.1 Å². The van der Waals surface area contributed by atoms with Gasteiger partial charge in [0.1, 0.15) is 11.5 Å². The Morgan fingerprint density at radius 2 is 1.76 bits per heavy atom. The van der Waals surface area contributed by atoms with E-state index in [9.17, 15) is 4.39 Å². The average molecular weight is 439 g/mol. The maximum absolute atomic E-state index is 15.0. The Kier molecular flexibility index (Phi) is 5.40. The lowest BCUT2D eigenvalue weighted by Crippen LogP contribution is -2.51. The van der Waals surface area contributed by atoms with E-state index in [-0.39, 0.29) is 5.82 Å². The van der Waals surface area contributed by atoms with Gasteiger partial charge in [-0.3, -0.25) is 25.3 Å². The highest BCUT2D eigenvalue weighted by Gasteiger charge is 2.33. The SMILES string of the molecule is Cc1cc(-c2ccc(CNC3(c4ccnc(C)c4)C=Nc4cnccc4N3)cc2F)ccn1. The van der Waals surface area contributed by atoms with Crippen LogP contribution in [0.4, 0.5) is 15.8 Å². The first-order valence-corrected chi connectivity index (χ1v) is 10.7. The fourth-order valence-corrected chi connectivity index (χ4v) is 3.99. The fraction of sp³-hybridized carbons (Fsp3) is 0.154. The normalized spacial score (nSPS) is 16.8. The Morgan fingerprint density at radius 3 is 2.55 bits per heavy atom. The van der Waals surface area contributed by atoms with Crippen molar-refractivity contribution in [1.82, 2.24) is 20.3 Å². The number of fused-ring (bicyclic) bond motifs is 1. The van der Waals surface area contributed by atoms with Crippen molar-refractivity contribution in [2.75, 3.05) is 5.32 Å². The zero-order valence-electron chi connectivity index (χ0n) is 18.4. The van der Waals surface area contributed by atoms with Crippen LogP contribution in [-0.4, -0.2) is 21.2 Å². The van der Waals surface area contributed by atoms with Gasteiger partial charge in [0.25, 0.3) is 0 Å². The van der Waals surface area contributed by atoms with Crippen molar-refractivity contribution in [3.05, 3.63) is 102 Å². The van der Waals surface area contributed by atoms with E-state index in [1.165, 1.54) is 0 Å². The summed E-state index contributed by atoms with van der Waals surface area (Å²) in [7, 11) is 0. The van der Waals surface area contributed by atoms with Crippen molar-refractivity contribution in [3.63, 3.8) is 0 Å². The smallest absolute Gasteiger partial charge is 0.152 e. The lowest BCUT2D eigenvalue weighted by atomic mass is 9.97. The first-order chi connectivity index (χ1) is 16.0. The molecule has 0 radical (unpaired) electrons. The Balaban J connectivity index is 1.45. The lowest BCUT2D eigenvalue weighted by Gasteiger charge is -2.36. The van der Waals surface area contributed by atoms with Crippen LogP contribution in [0.3, 0.4) is 0 Å². The van der Waals surface area contributed by atoms with E-state index >= 15 is 0 Å². The van der Waals surface area contributed by atoms with E-state index in [1.807, 2.05) is 62.5 Å². The minimum absolute atomic E-state index is 0.268. The molecule has 4 heterocycles. The molecule has 2 N–H and O–H groups in total. The quantitative estimate of drug-likeness (QED) is 0.455. The van der Waals surface area contributed by atoms with Gasteiger partial charge >= 0.3 is 0 Å². The number of nitrogens with zero attached hydrogens (tertiary/aromatic N) is 4. The van der Waals surface area contributed by atoms with Gasteiger partial charge in [0.2, 0.25) is 0 Å². The minimum Gasteiger partial charge on any atom is -0.357 e. The summed E-state index contributed by atoms with van der Waals surface area (Å²) in [6.07, 6.45) is 8.74. The van der Waals surface area contributed by atoms with Gasteiger partial charge in [-0.25, -0.2) is 4.39 Å². The van der Waals surface area contributed by atoms with Crippen LogP contribution in [0.1, 0.15) is 22.5 Å². The molecule has 4 aromatic rings. The number of nitrogens with one attached hydrogen (secondary N) is 2. The number of hydrogen-bond donors (Lipinski definition) is 2. The van der Waals surface area contributed by atoms with E-state index in [1.54, 1.807) is 30.9 Å². The number of aryl methyl sites for hydroxylation is 2. The highest BCUT2D eigenvalue weighted by atomic mass is 19.1. The molecule has 5 rings (SSSR count). The molecule has 0 aliphatic carbocycles. The van der Waals surface area contributed by atoms with Gasteiger partial charge in [0, 0.05) is 47.7 Å². The molecule has 0 bridgehead atoms. The number of hydrogen-bond acceptors (Lipinski definition) is 6. The predicted molar refractivity (Wildman–Crippen MR) is 128 cm³/mol. The Bertz CT molecular complexity index is 1350. The second-order valence-corrected chi connectivity index (χ2v) is 8.12. The Labute approximate surface area is 191 Å². The summed E-state index contributed by atoms with van der Waals surface area (Å²) in [6.45, 7) is 4.27. The second kappa shape index (κ2) is 8.52. The van der Waals surface area contributed by atoms with Crippen LogP contribution in [0.5, 0.6) is 0 Å². The summed E-state index contributed by atoms with van der Waals surface area (Å²) < 4.78 is 15.0. The highest BCUT2D eigenvalue weighted by molar-refractivity contribution is 5.87. The van der Waals surface area contributed by atoms with Crippen molar-refractivity contribution >= 4 is 17.6 Å². The molecule has 33 heavy (non-hydrogen) atoms. The van der Waals surface area contributed by atoms with Crippen molar-refractivity contribution < 1.29 is 4.39 Å². The molecule has 0 saturated carbocycles. The van der Waals surface area contributed by atoms with Gasteiger partial charge < -0.3 is 5.32 Å². The number of anilines is 1. The third kappa shape index (κ3) is 4.23. The Morgan fingerprint density at radius 1 is 0.939 bits per heavy atom. The number of benzene rings is 1. The van der Waals surface area contributed by atoms with Gasteiger partial charge in [0.15, 0.2) is 5.66 Å². The fourth-order valence-electron chi connectivity index (χ4n) is 3.99. The van der Waals surface area contributed by atoms with Crippen LogP contribution in [0.2, 0.25) is 0 Å². The summed E-state index contributed by atoms with van der Waals surface area (Å²) >= 11 is 0. The standard InChI is InChI=1S/C26H23FN6/c1-17-11-20(5-9-29-17)22-4-3-19(13-23(22)27)14-32-26(21-6-10-30-18(2)12-21)16-31-25-15-28-8-7-24(25)33-26/h3-13,15-16,32-33H,14H2,1-2H3. The van der Waals surface area contributed by atoms with Gasteiger partial charge in [-0.15, -0.1) is 0 Å². The van der Waals surface area contributed by atoms with Gasteiger partial charge in [-0.1, -0.05) is 12.1 Å². The van der Waals surface area contributed by atoms with Crippen LogP contribution in [0, 0.1) is 19.7 Å². The third-order valence-electron chi connectivity index (χ3n) is 5.69. The van der Waals surface area contributed by atoms with Crippen LogP contribution in [0.15, 0.2) is 78.3 Å². The first-order valence-electron chi connectivity index (χ1n) is 10.7. The molecule has 164 valence electrons. The van der Waals surface area contributed by atoms with E-state index in [4.69, 9.17) is 0 Å². The molecule has 7 heteroatoms. The number of aliphatic imine (C=N–C) groups is 1. The van der Waals surface area contributed by atoms with E-state index < -0.39 is 5.66 Å². The summed E-state index contributed by atoms with van der Waals surface area (Å²) in [6, 6.07) is 14.9. The van der Waals surface area contributed by atoms with Crippen molar-refractivity contribution in [2.45, 2.75) is 26.1 Å². The molecule has 3 aromatic heterocycles. The second-order valence-electron chi connectivity index (χ2n) is 8.12. The summed E-state index contributed by atoms with van der Waals surface area (Å²) in [5.74, 6) is -0.268. The molecule has 1 unspecified atom stereocenters. The monoisotopic (exact) mass is 438 g/mol. The molecule has 6 nitrogen and oxygen atoms in total. The van der Waals surface area contributed by atoms with Crippen molar-refractivity contribution in [3.8, 4) is 11.1 Å². The minimum atomic E-state index is -0.778. The zero-order valence-corrected chi connectivity index (χ0v) is 18.4. The number of halogens is 1. The largest absolute Gasteiger partial charge is 0.357 e. The van der Waals surface area contributed by atoms with Crippen LogP contribution >= 0.6 is 0 Å². The van der Waals surface area contributed by atoms with E-state index in [0.717, 1.165) is 39.5 Å². The van der Waals surface area contributed by atoms with Crippen molar-refractivity contribution in [1.29, 1.82) is 0 Å².